The molecule has 0 atom stereocenters. The highest BCUT2D eigenvalue weighted by molar-refractivity contribution is 5.96. The summed E-state index contributed by atoms with van der Waals surface area (Å²) in [5.74, 6) is 0.917. The molecule has 0 bridgehead atoms. The van der Waals surface area contributed by atoms with Crippen molar-refractivity contribution in [3.05, 3.63) is 77.4 Å². The summed E-state index contributed by atoms with van der Waals surface area (Å²) in [7, 11) is 0. The number of carbonyl (C=O) groups excluding carboxylic acids is 1. The first-order valence-electron chi connectivity index (χ1n) is 11.0. The van der Waals surface area contributed by atoms with Gasteiger partial charge in [0.2, 0.25) is 5.91 Å². The minimum atomic E-state index is -0.310. The molecule has 2 aromatic carbocycles. The summed E-state index contributed by atoms with van der Waals surface area (Å²) in [5, 5.41) is 9.99. The number of hydrogen-bond donors (Lipinski definition) is 3. The van der Waals surface area contributed by atoms with Crippen molar-refractivity contribution >= 4 is 30.7 Å². The summed E-state index contributed by atoms with van der Waals surface area (Å²) in [6.07, 6.45) is 2.90. The Hall–Kier alpha value is -2.05. The molecule has 5 nitrogen and oxygen atoms in total. The molecule has 0 spiro atoms. The van der Waals surface area contributed by atoms with Gasteiger partial charge in [0.05, 0.1) is 0 Å². The van der Waals surface area contributed by atoms with Crippen LogP contribution in [0.1, 0.15) is 45.2 Å². The van der Waals surface area contributed by atoms with Crippen molar-refractivity contribution in [3.8, 4) is 5.75 Å². The van der Waals surface area contributed by atoms with Crippen molar-refractivity contribution in [2.45, 2.75) is 58.3 Å². The van der Waals surface area contributed by atoms with E-state index < -0.39 is 0 Å². The Morgan fingerprint density at radius 2 is 1.61 bits per heavy atom. The van der Waals surface area contributed by atoms with Crippen molar-refractivity contribution in [1.82, 2.24) is 16.0 Å². The molecule has 33 heavy (non-hydrogen) atoms. The molecule has 1 aliphatic rings. The summed E-state index contributed by atoms with van der Waals surface area (Å²) in [6, 6.07) is 18.3. The second-order valence-electron chi connectivity index (χ2n) is 9.20. The van der Waals surface area contributed by atoms with Gasteiger partial charge in [0.15, 0.2) is 0 Å². The molecule has 182 valence electrons. The van der Waals surface area contributed by atoms with Gasteiger partial charge in [0, 0.05) is 35.3 Å². The summed E-state index contributed by atoms with van der Waals surface area (Å²) in [4.78, 5) is 12.6. The number of carbonyl (C=O) groups is 1. The number of benzene rings is 2. The number of amides is 1. The van der Waals surface area contributed by atoms with Crippen LogP contribution in [-0.4, -0.2) is 30.1 Å². The van der Waals surface area contributed by atoms with Gasteiger partial charge in [-0.15, -0.1) is 24.8 Å². The predicted octanol–water partition coefficient (Wildman–Crippen LogP) is 4.79. The number of nitrogens with one attached hydrogen (secondary N) is 3. The van der Waals surface area contributed by atoms with Gasteiger partial charge in [-0.1, -0.05) is 54.6 Å². The van der Waals surface area contributed by atoms with Crippen LogP contribution in [0.2, 0.25) is 0 Å². The van der Waals surface area contributed by atoms with Gasteiger partial charge in [0.25, 0.3) is 0 Å². The second-order valence-corrected chi connectivity index (χ2v) is 9.20. The second kappa shape index (κ2) is 13.0. The number of halogens is 2. The highest BCUT2D eigenvalue weighted by atomic mass is 35.5. The van der Waals surface area contributed by atoms with Crippen LogP contribution in [0.5, 0.6) is 5.75 Å². The van der Waals surface area contributed by atoms with Crippen LogP contribution in [-0.2, 0) is 17.9 Å². The fourth-order valence-electron chi connectivity index (χ4n) is 4.06. The molecule has 1 aliphatic heterocycles. The number of rotatable bonds is 10. The Labute approximate surface area is 210 Å². The van der Waals surface area contributed by atoms with Gasteiger partial charge >= 0.3 is 0 Å². The molecule has 0 saturated carbocycles. The zero-order valence-corrected chi connectivity index (χ0v) is 21.6. The van der Waals surface area contributed by atoms with Gasteiger partial charge in [-0.05, 0) is 52.3 Å². The molecule has 2 aromatic rings. The monoisotopic (exact) mass is 493 g/mol. The molecule has 7 heteroatoms. The fourth-order valence-corrected chi connectivity index (χ4v) is 4.06. The van der Waals surface area contributed by atoms with Crippen molar-refractivity contribution in [3.63, 3.8) is 0 Å². The Balaban J connectivity index is 0.00000272. The molecule has 0 radical (unpaired) electrons. The van der Waals surface area contributed by atoms with E-state index in [1.54, 1.807) is 0 Å². The van der Waals surface area contributed by atoms with Crippen LogP contribution >= 0.6 is 24.8 Å². The van der Waals surface area contributed by atoms with Crippen LogP contribution in [0, 0.1) is 0 Å². The standard InChI is InChI=1S/C26H35N3O2.2ClH/c1-25(2)17-22(26(3,4)29-25)24(30)28-16-10-15-27-18-21-13-8-9-14-23(21)31-19-20-11-6-5-7-12-20;;/h5-9,11-14,17,27,29H,10,15-16,18-19H2,1-4H3,(H,28,30);2*1H. The average Bonchev–Trinajstić information content (AvgIpc) is 2.97. The number of para-hydroxylation sites is 1. The van der Waals surface area contributed by atoms with Gasteiger partial charge in [-0.25, -0.2) is 0 Å². The van der Waals surface area contributed by atoms with E-state index in [1.165, 1.54) is 0 Å². The maximum absolute atomic E-state index is 12.6. The third-order valence-corrected chi connectivity index (χ3v) is 5.40. The Kier molecular flexibility index (Phi) is 11.4. The average molecular weight is 495 g/mol. The van der Waals surface area contributed by atoms with E-state index in [1.807, 2.05) is 56.3 Å². The third-order valence-electron chi connectivity index (χ3n) is 5.40. The summed E-state index contributed by atoms with van der Waals surface area (Å²) in [6.45, 7) is 11.0. The number of hydrogen-bond acceptors (Lipinski definition) is 4. The van der Waals surface area contributed by atoms with Crippen molar-refractivity contribution in [1.29, 1.82) is 0 Å². The van der Waals surface area contributed by atoms with E-state index in [9.17, 15) is 4.79 Å². The highest BCUT2D eigenvalue weighted by Gasteiger charge is 2.39. The molecule has 3 N–H and O–H groups in total. The molecule has 0 aromatic heterocycles. The largest absolute Gasteiger partial charge is 0.489 e. The van der Waals surface area contributed by atoms with E-state index in [0.717, 1.165) is 42.0 Å². The molecule has 3 rings (SSSR count). The van der Waals surface area contributed by atoms with Crippen LogP contribution < -0.4 is 20.7 Å². The van der Waals surface area contributed by atoms with Crippen LogP contribution in [0.3, 0.4) is 0 Å². The quantitative estimate of drug-likeness (QED) is 0.416. The molecule has 0 saturated heterocycles. The molecular formula is C26H37Cl2N3O2. The smallest absolute Gasteiger partial charge is 0.248 e. The first-order valence-corrected chi connectivity index (χ1v) is 11.0. The lowest BCUT2D eigenvalue weighted by molar-refractivity contribution is -0.118. The van der Waals surface area contributed by atoms with Crippen LogP contribution in [0.15, 0.2) is 66.2 Å². The topological polar surface area (TPSA) is 62.4 Å². The summed E-state index contributed by atoms with van der Waals surface area (Å²) >= 11 is 0. The predicted molar refractivity (Wildman–Crippen MR) is 140 cm³/mol. The van der Waals surface area contributed by atoms with Crippen molar-refractivity contribution < 1.29 is 9.53 Å². The van der Waals surface area contributed by atoms with Gasteiger partial charge in [-0.2, -0.15) is 0 Å². The molecule has 0 fully saturated rings. The van der Waals surface area contributed by atoms with E-state index in [0.29, 0.717) is 13.2 Å². The normalized spacial score (nSPS) is 15.6. The number of ether oxygens (including phenoxy) is 1. The van der Waals surface area contributed by atoms with Gasteiger partial charge < -0.3 is 15.4 Å². The molecule has 0 unspecified atom stereocenters. The first kappa shape index (κ1) is 29.0. The summed E-state index contributed by atoms with van der Waals surface area (Å²) in [5.41, 5.74) is 2.63. The van der Waals surface area contributed by atoms with E-state index in [2.05, 4.69) is 48.0 Å². The maximum Gasteiger partial charge on any atom is 0.248 e. The van der Waals surface area contributed by atoms with E-state index in [4.69, 9.17) is 4.74 Å². The van der Waals surface area contributed by atoms with Crippen molar-refractivity contribution in [2.75, 3.05) is 13.1 Å². The SMILES string of the molecule is CC1(C)C=C(C(=O)NCCCNCc2ccccc2OCc2ccccc2)C(C)(C)N1.Cl.Cl. The minimum absolute atomic E-state index is 0. The molecule has 1 heterocycles. The van der Waals surface area contributed by atoms with Crippen LogP contribution in [0.4, 0.5) is 0 Å². The Bertz CT molecular complexity index is 915. The molecule has 1 amide bonds. The third kappa shape index (κ3) is 8.67. The van der Waals surface area contributed by atoms with Crippen LogP contribution in [0.25, 0.3) is 0 Å². The highest BCUT2D eigenvalue weighted by Crippen LogP contribution is 2.29. The van der Waals surface area contributed by atoms with Gasteiger partial charge in [0.1, 0.15) is 12.4 Å². The van der Waals surface area contributed by atoms with E-state index in [-0.39, 0.29) is 41.8 Å². The van der Waals surface area contributed by atoms with E-state index >= 15 is 0 Å². The van der Waals surface area contributed by atoms with Crippen molar-refractivity contribution in [2.24, 2.45) is 0 Å². The summed E-state index contributed by atoms with van der Waals surface area (Å²) < 4.78 is 6.02. The zero-order valence-electron chi connectivity index (χ0n) is 19.9. The lowest BCUT2D eigenvalue weighted by Gasteiger charge is -2.27. The Morgan fingerprint density at radius 1 is 0.939 bits per heavy atom. The fraction of sp³-hybridized carbons (Fsp3) is 0.423. The molecule has 0 aliphatic carbocycles. The Morgan fingerprint density at radius 3 is 2.27 bits per heavy atom. The molecular weight excluding hydrogens is 457 g/mol. The maximum atomic E-state index is 12.6. The lowest BCUT2D eigenvalue weighted by atomic mass is 9.96. The minimum Gasteiger partial charge on any atom is -0.489 e. The first-order chi connectivity index (χ1) is 14.8. The zero-order chi connectivity index (χ0) is 22.3. The lowest BCUT2D eigenvalue weighted by Crippen LogP contribution is -2.47. The van der Waals surface area contributed by atoms with Gasteiger partial charge in [-0.3, -0.25) is 10.1 Å².